The fraction of sp³-hybridized carbons (Fsp3) is 0.370. The summed E-state index contributed by atoms with van der Waals surface area (Å²) < 4.78 is 5.30. The largest absolute Gasteiger partial charge is 0.445 e. The van der Waals surface area contributed by atoms with Gasteiger partial charge in [0.1, 0.15) is 12.6 Å². The molecule has 7 heteroatoms. The minimum atomic E-state index is -0.764. The van der Waals surface area contributed by atoms with Crippen LogP contribution in [0.2, 0.25) is 0 Å². The van der Waals surface area contributed by atoms with Crippen molar-refractivity contribution in [3.05, 3.63) is 83.9 Å². The average Bonchev–Trinajstić information content (AvgIpc) is 2.81. The van der Waals surface area contributed by atoms with Gasteiger partial charge < -0.3 is 20.3 Å². The van der Waals surface area contributed by atoms with Crippen molar-refractivity contribution in [2.75, 3.05) is 14.1 Å². The second-order valence-corrected chi connectivity index (χ2v) is 8.78. The molecule has 2 atom stereocenters. The van der Waals surface area contributed by atoms with E-state index >= 15 is 0 Å². The number of alkyl carbamates (subject to hydrolysis) is 1. The first kappa shape index (κ1) is 26.6. The van der Waals surface area contributed by atoms with Crippen LogP contribution >= 0.6 is 0 Å². The maximum Gasteiger partial charge on any atom is 0.408 e. The van der Waals surface area contributed by atoms with Crippen molar-refractivity contribution in [1.29, 1.82) is 0 Å². The van der Waals surface area contributed by atoms with E-state index in [-0.39, 0.29) is 24.3 Å². The van der Waals surface area contributed by atoms with Crippen LogP contribution in [0.5, 0.6) is 0 Å². The number of benzene rings is 2. The molecular weight excluding hydrogens is 430 g/mol. The predicted molar refractivity (Wildman–Crippen MR) is 133 cm³/mol. The highest BCUT2D eigenvalue weighted by Crippen LogP contribution is 2.09. The molecule has 0 fully saturated rings. The summed E-state index contributed by atoms with van der Waals surface area (Å²) in [5.41, 5.74) is 1.88. The van der Waals surface area contributed by atoms with Gasteiger partial charge in [0.15, 0.2) is 0 Å². The highest BCUT2D eigenvalue weighted by atomic mass is 16.5. The first-order valence-electron chi connectivity index (χ1n) is 11.5. The summed E-state index contributed by atoms with van der Waals surface area (Å²) in [4.78, 5) is 39.1. The molecular formula is C27H35N3O4. The minimum Gasteiger partial charge on any atom is -0.445 e. The summed E-state index contributed by atoms with van der Waals surface area (Å²) in [6.07, 6.45) is 3.45. The molecule has 2 rings (SSSR count). The Kier molecular flexibility index (Phi) is 10.8. The van der Waals surface area contributed by atoms with E-state index in [0.29, 0.717) is 12.8 Å². The lowest BCUT2D eigenvalue weighted by atomic mass is 10.0. The van der Waals surface area contributed by atoms with Crippen LogP contribution < -0.4 is 10.6 Å². The van der Waals surface area contributed by atoms with E-state index in [0.717, 1.165) is 11.1 Å². The monoisotopic (exact) mass is 465 g/mol. The SMILES string of the molecule is CC(C)C[C@H](NC(=O)OCc1ccccc1)C(=O)N[C@H](/C=C/C(=O)N(C)C)Cc1ccccc1. The molecule has 2 aromatic carbocycles. The van der Waals surface area contributed by atoms with Crippen LogP contribution in [-0.2, 0) is 27.4 Å². The summed E-state index contributed by atoms with van der Waals surface area (Å²) in [6, 6.07) is 17.9. The molecule has 0 heterocycles. The van der Waals surface area contributed by atoms with Gasteiger partial charge in [-0.3, -0.25) is 9.59 Å². The lowest BCUT2D eigenvalue weighted by Crippen LogP contribution is -2.50. The van der Waals surface area contributed by atoms with E-state index in [9.17, 15) is 14.4 Å². The molecule has 34 heavy (non-hydrogen) atoms. The Bertz CT molecular complexity index is 943. The van der Waals surface area contributed by atoms with E-state index < -0.39 is 18.2 Å². The Labute approximate surface area is 202 Å². The molecule has 0 bridgehead atoms. The summed E-state index contributed by atoms with van der Waals surface area (Å²) >= 11 is 0. The first-order chi connectivity index (χ1) is 16.2. The number of amides is 3. The van der Waals surface area contributed by atoms with Gasteiger partial charge in [-0.1, -0.05) is 80.6 Å². The van der Waals surface area contributed by atoms with Crippen molar-refractivity contribution in [1.82, 2.24) is 15.5 Å². The number of hydrogen-bond acceptors (Lipinski definition) is 4. The molecule has 2 N–H and O–H groups in total. The Balaban J connectivity index is 2.07. The summed E-state index contributed by atoms with van der Waals surface area (Å²) in [5, 5.41) is 5.68. The molecule has 0 aliphatic rings. The molecule has 0 radical (unpaired) electrons. The number of nitrogens with zero attached hydrogens (tertiary/aromatic N) is 1. The fourth-order valence-corrected chi connectivity index (χ4v) is 3.28. The van der Waals surface area contributed by atoms with Crippen LogP contribution in [0.4, 0.5) is 4.79 Å². The molecule has 182 valence electrons. The van der Waals surface area contributed by atoms with E-state index in [4.69, 9.17) is 4.74 Å². The number of nitrogens with one attached hydrogen (secondary N) is 2. The van der Waals surface area contributed by atoms with Gasteiger partial charge in [0, 0.05) is 20.2 Å². The zero-order chi connectivity index (χ0) is 24.9. The Morgan fingerprint density at radius 3 is 2.06 bits per heavy atom. The molecule has 0 saturated heterocycles. The molecule has 0 aliphatic heterocycles. The van der Waals surface area contributed by atoms with Gasteiger partial charge in [-0.2, -0.15) is 0 Å². The lowest BCUT2D eigenvalue weighted by Gasteiger charge is -2.23. The zero-order valence-corrected chi connectivity index (χ0v) is 20.4. The number of likely N-dealkylation sites (N-methyl/N-ethyl adjacent to an activating group) is 1. The minimum absolute atomic E-state index is 0.120. The number of ether oxygens (including phenoxy) is 1. The quantitative estimate of drug-likeness (QED) is 0.496. The van der Waals surface area contributed by atoms with Crippen LogP contribution in [0.3, 0.4) is 0 Å². The highest BCUT2D eigenvalue weighted by molar-refractivity contribution is 5.88. The van der Waals surface area contributed by atoms with Gasteiger partial charge >= 0.3 is 6.09 Å². The fourth-order valence-electron chi connectivity index (χ4n) is 3.28. The Morgan fingerprint density at radius 1 is 0.912 bits per heavy atom. The standard InChI is InChI=1S/C27H35N3O4/c1-20(2)17-24(29-27(33)34-19-22-13-9-6-10-14-22)26(32)28-23(15-16-25(31)30(3)4)18-21-11-7-5-8-12-21/h5-16,20,23-24H,17-19H2,1-4H3,(H,28,32)(H,29,33)/b16-15+/t23-,24+/m1/s1. The predicted octanol–water partition coefficient (Wildman–Crippen LogP) is 3.70. The van der Waals surface area contributed by atoms with Crippen LogP contribution in [-0.4, -0.2) is 49.0 Å². The third kappa shape index (κ3) is 9.90. The Morgan fingerprint density at radius 2 is 1.50 bits per heavy atom. The van der Waals surface area contributed by atoms with Crippen molar-refractivity contribution in [2.24, 2.45) is 5.92 Å². The molecule has 0 unspecified atom stereocenters. The number of hydrogen-bond donors (Lipinski definition) is 2. The van der Waals surface area contributed by atoms with Gasteiger partial charge in [0.2, 0.25) is 11.8 Å². The summed E-state index contributed by atoms with van der Waals surface area (Å²) in [7, 11) is 3.34. The molecule has 7 nitrogen and oxygen atoms in total. The smallest absolute Gasteiger partial charge is 0.408 e. The molecule has 3 amide bonds. The van der Waals surface area contributed by atoms with Gasteiger partial charge in [0.05, 0.1) is 6.04 Å². The van der Waals surface area contributed by atoms with Crippen molar-refractivity contribution in [2.45, 2.75) is 45.4 Å². The van der Waals surface area contributed by atoms with E-state index in [1.807, 2.05) is 74.5 Å². The second-order valence-electron chi connectivity index (χ2n) is 8.78. The van der Waals surface area contributed by atoms with E-state index in [1.54, 1.807) is 20.2 Å². The highest BCUT2D eigenvalue weighted by Gasteiger charge is 2.24. The zero-order valence-electron chi connectivity index (χ0n) is 20.4. The first-order valence-corrected chi connectivity index (χ1v) is 11.5. The van der Waals surface area contributed by atoms with Gasteiger partial charge in [-0.05, 0) is 29.9 Å². The maximum absolute atomic E-state index is 13.2. The van der Waals surface area contributed by atoms with Crippen molar-refractivity contribution >= 4 is 17.9 Å². The molecule has 2 aromatic rings. The Hall–Kier alpha value is -3.61. The van der Waals surface area contributed by atoms with Crippen molar-refractivity contribution < 1.29 is 19.1 Å². The molecule has 0 saturated carbocycles. The van der Waals surface area contributed by atoms with E-state index in [2.05, 4.69) is 10.6 Å². The van der Waals surface area contributed by atoms with Crippen LogP contribution in [0, 0.1) is 5.92 Å². The van der Waals surface area contributed by atoms with Crippen LogP contribution in [0.25, 0.3) is 0 Å². The normalized spacial score (nSPS) is 12.7. The van der Waals surface area contributed by atoms with Crippen molar-refractivity contribution in [3.63, 3.8) is 0 Å². The third-order valence-electron chi connectivity index (χ3n) is 5.07. The lowest BCUT2D eigenvalue weighted by molar-refractivity contribution is -0.124. The van der Waals surface area contributed by atoms with Gasteiger partial charge in [-0.15, -0.1) is 0 Å². The molecule has 0 spiro atoms. The van der Waals surface area contributed by atoms with Gasteiger partial charge in [-0.25, -0.2) is 4.79 Å². The maximum atomic E-state index is 13.2. The molecule has 0 aliphatic carbocycles. The number of rotatable bonds is 11. The molecule has 0 aromatic heterocycles. The number of carbonyl (C=O) groups is 3. The van der Waals surface area contributed by atoms with E-state index in [1.165, 1.54) is 11.0 Å². The summed E-state index contributed by atoms with van der Waals surface area (Å²) in [6.45, 7) is 4.08. The summed E-state index contributed by atoms with van der Waals surface area (Å²) in [5.74, 6) is -0.328. The second kappa shape index (κ2) is 13.8. The average molecular weight is 466 g/mol. The van der Waals surface area contributed by atoms with Crippen LogP contribution in [0.15, 0.2) is 72.8 Å². The van der Waals surface area contributed by atoms with Crippen molar-refractivity contribution in [3.8, 4) is 0 Å². The topological polar surface area (TPSA) is 87.7 Å². The van der Waals surface area contributed by atoms with Crippen LogP contribution in [0.1, 0.15) is 31.4 Å². The van der Waals surface area contributed by atoms with Gasteiger partial charge in [0.25, 0.3) is 0 Å². The third-order valence-corrected chi connectivity index (χ3v) is 5.07. The number of carbonyl (C=O) groups excluding carboxylic acids is 3.